The normalized spacial score (nSPS) is 47.1. The third-order valence-corrected chi connectivity index (χ3v) is 12.1. The van der Waals surface area contributed by atoms with Gasteiger partial charge in [-0.05, 0) is 6.92 Å². The highest BCUT2D eigenvalue weighted by atomic mass is 16.8. The smallest absolute Gasteiger partial charge is 0.364 e. The molecule has 0 aromatic carbocycles. The number of hydrogen-bond donors (Lipinski definition) is 18. The standard InChI is InChI=1S/C37H62N2O28/c1-9-19(48)23(52)24(53)34(59-9)64-29-18(39-11(3)45)33(65-30-21(50)14(6-41)60-32(56)25(30)54)62-16(8-43)27(29)63-35-26(55)31(22(51)15(7-42)61-35)67-37(36(57)58)4-12(46)17(38-10(2)44)28(66-37)20(49)13(47)5-40/h9,12-35,40-43,46-56H,4-8H2,1-3H3,(H,38,44)(H,39,45)(H,57,58)/t9-,12-,13+,14+,15+,16+,17+,18+,19+,20+,21-,22-,23+,24-,25+,26+,27+,28+,29+,30-,31-,32?,33-,34-,35-,37-/m0/s1. The van der Waals surface area contributed by atoms with E-state index in [0.717, 1.165) is 13.8 Å². The Kier molecular flexibility index (Phi) is 19.1. The van der Waals surface area contributed by atoms with Crippen LogP contribution in [0.25, 0.3) is 0 Å². The number of aliphatic hydroxyl groups is 15. The highest BCUT2D eigenvalue weighted by Crippen LogP contribution is 2.40. The molecule has 5 aliphatic rings. The van der Waals surface area contributed by atoms with Gasteiger partial charge in [-0.1, -0.05) is 0 Å². The number of rotatable bonds is 17. The molecule has 2 amide bonds. The first-order valence-electron chi connectivity index (χ1n) is 21.1. The van der Waals surface area contributed by atoms with Crippen LogP contribution in [0.15, 0.2) is 0 Å². The van der Waals surface area contributed by atoms with Gasteiger partial charge in [-0.15, -0.1) is 0 Å². The first-order valence-corrected chi connectivity index (χ1v) is 21.1. The Morgan fingerprint density at radius 1 is 0.612 bits per heavy atom. The molecule has 5 saturated heterocycles. The molecule has 5 heterocycles. The van der Waals surface area contributed by atoms with Crippen LogP contribution in [-0.4, -0.2) is 285 Å². The first kappa shape index (κ1) is 55.4. The minimum Gasteiger partial charge on any atom is -0.477 e. The average molecular weight is 983 g/mol. The number of amides is 2. The van der Waals surface area contributed by atoms with E-state index >= 15 is 0 Å². The first-order chi connectivity index (χ1) is 31.4. The van der Waals surface area contributed by atoms with E-state index in [1.807, 2.05) is 0 Å². The Morgan fingerprint density at radius 2 is 1.13 bits per heavy atom. The van der Waals surface area contributed by atoms with Crippen LogP contribution in [0.4, 0.5) is 0 Å². The van der Waals surface area contributed by atoms with Gasteiger partial charge in [-0.2, -0.15) is 0 Å². The van der Waals surface area contributed by atoms with Crippen molar-refractivity contribution in [1.82, 2.24) is 10.6 Å². The molecule has 18 N–H and O–H groups in total. The van der Waals surface area contributed by atoms with Crippen molar-refractivity contribution >= 4 is 17.8 Å². The Labute approximate surface area is 379 Å². The third-order valence-electron chi connectivity index (χ3n) is 12.1. The Balaban J connectivity index is 1.55. The van der Waals surface area contributed by atoms with Gasteiger partial charge in [-0.3, -0.25) is 9.59 Å². The molecule has 5 rings (SSSR count). The quantitative estimate of drug-likeness (QED) is 0.0643. The van der Waals surface area contributed by atoms with Gasteiger partial charge in [0.15, 0.2) is 25.2 Å². The number of ether oxygens (including phenoxy) is 9. The van der Waals surface area contributed by atoms with Crippen LogP contribution in [0.1, 0.15) is 27.2 Å². The van der Waals surface area contributed by atoms with Crippen LogP contribution in [0.3, 0.4) is 0 Å². The number of aliphatic carboxylic acids is 1. The van der Waals surface area contributed by atoms with Crippen molar-refractivity contribution in [1.29, 1.82) is 0 Å². The summed E-state index contributed by atoms with van der Waals surface area (Å²) in [4.78, 5) is 37.9. The van der Waals surface area contributed by atoms with Crippen LogP contribution in [0.2, 0.25) is 0 Å². The van der Waals surface area contributed by atoms with Crippen molar-refractivity contribution < 1.29 is 139 Å². The van der Waals surface area contributed by atoms with E-state index in [9.17, 15) is 96.1 Å². The largest absolute Gasteiger partial charge is 0.477 e. The van der Waals surface area contributed by atoms with Gasteiger partial charge in [-0.25, -0.2) is 4.79 Å². The summed E-state index contributed by atoms with van der Waals surface area (Å²) >= 11 is 0. The van der Waals surface area contributed by atoms with Crippen molar-refractivity contribution in [2.45, 2.75) is 186 Å². The monoisotopic (exact) mass is 982 g/mol. The molecule has 388 valence electrons. The van der Waals surface area contributed by atoms with Crippen molar-refractivity contribution in [3.63, 3.8) is 0 Å². The van der Waals surface area contributed by atoms with E-state index in [1.165, 1.54) is 6.92 Å². The Morgan fingerprint density at radius 3 is 1.70 bits per heavy atom. The SMILES string of the molecule is CC(=O)N[C@H]1[C@H](O[C@H]2[C@@H](O)[C@@H](CO)OC(O)[C@@H]2O)O[C@H](CO)[C@@H](O[C@@H]2O[C@H](CO)[C@H](O)[C@H](O[C@]3(C(=O)O)C[C@H](O)[C@@H](NC(C)=O)[C@H]([C@H](O)[C@H](O)CO)O3)[C@H]2O)[C@@H]1O[C@@H]1O[C@@H](C)[C@@H](O)[C@@H](O)[C@@H]1O. The lowest BCUT2D eigenvalue weighted by atomic mass is 9.88. The van der Waals surface area contributed by atoms with E-state index < -0.39 is 210 Å². The molecule has 0 radical (unpaired) electrons. The van der Waals surface area contributed by atoms with Gasteiger partial charge in [0.05, 0.1) is 44.7 Å². The predicted octanol–water partition coefficient (Wildman–Crippen LogP) is -11.4. The van der Waals surface area contributed by atoms with Gasteiger partial charge in [0, 0.05) is 20.3 Å². The molecule has 67 heavy (non-hydrogen) atoms. The molecule has 1 unspecified atom stereocenters. The maximum atomic E-state index is 13.0. The van der Waals surface area contributed by atoms with Gasteiger partial charge >= 0.3 is 5.97 Å². The molecule has 26 atom stereocenters. The molecule has 0 aromatic heterocycles. The third kappa shape index (κ3) is 11.8. The topological polar surface area (TPSA) is 482 Å². The zero-order valence-electron chi connectivity index (χ0n) is 36.0. The van der Waals surface area contributed by atoms with Gasteiger partial charge in [0.25, 0.3) is 5.79 Å². The van der Waals surface area contributed by atoms with E-state index in [4.69, 9.17) is 42.6 Å². The summed E-state index contributed by atoms with van der Waals surface area (Å²) in [7, 11) is 0. The highest BCUT2D eigenvalue weighted by molar-refractivity contribution is 5.76. The lowest BCUT2D eigenvalue weighted by Crippen LogP contribution is -2.72. The van der Waals surface area contributed by atoms with Crippen LogP contribution >= 0.6 is 0 Å². The molecule has 30 heteroatoms. The molecule has 0 aromatic rings. The number of carbonyl (C=O) groups is 3. The number of hydrogen-bond acceptors (Lipinski definition) is 27. The maximum absolute atomic E-state index is 13.0. The van der Waals surface area contributed by atoms with Crippen LogP contribution < -0.4 is 10.6 Å². The summed E-state index contributed by atoms with van der Waals surface area (Å²) in [5.41, 5.74) is 0. The summed E-state index contributed by atoms with van der Waals surface area (Å²) in [6, 6.07) is -3.47. The molecule has 0 saturated carbocycles. The van der Waals surface area contributed by atoms with Gasteiger partial charge in [0.1, 0.15) is 110 Å². The van der Waals surface area contributed by atoms with Crippen molar-refractivity contribution in [2.24, 2.45) is 0 Å². The molecule has 5 aliphatic heterocycles. The molecule has 30 nitrogen and oxygen atoms in total. The molecular weight excluding hydrogens is 920 g/mol. The second kappa shape index (κ2) is 23.1. The Bertz CT molecular complexity index is 1640. The number of carbonyl (C=O) groups excluding carboxylic acids is 2. The lowest BCUT2D eigenvalue weighted by molar-refractivity contribution is -0.396. The number of nitrogens with one attached hydrogen (secondary N) is 2. The van der Waals surface area contributed by atoms with E-state index in [-0.39, 0.29) is 0 Å². The molecular formula is C37H62N2O28. The average Bonchev–Trinajstić information content (AvgIpc) is 3.28. The van der Waals surface area contributed by atoms with Crippen LogP contribution in [0.5, 0.6) is 0 Å². The molecule has 0 spiro atoms. The van der Waals surface area contributed by atoms with E-state index in [1.54, 1.807) is 0 Å². The van der Waals surface area contributed by atoms with Gasteiger partial charge in [0.2, 0.25) is 11.8 Å². The summed E-state index contributed by atoms with van der Waals surface area (Å²) in [5, 5.41) is 175. The molecule has 0 bridgehead atoms. The molecule has 5 fully saturated rings. The fraction of sp³-hybridized carbons (Fsp3) is 0.919. The van der Waals surface area contributed by atoms with Crippen LogP contribution in [0, 0.1) is 0 Å². The number of carboxylic acids is 1. The second-order valence-corrected chi connectivity index (χ2v) is 16.8. The highest BCUT2D eigenvalue weighted by Gasteiger charge is 2.61. The zero-order valence-corrected chi connectivity index (χ0v) is 36.0. The zero-order chi connectivity index (χ0) is 50.0. The summed E-state index contributed by atoms with van der Waals surface area (Å²) in [6.07, 6.45) is -46.7. The number of carboxylic acid groups (broad SMARTS) is 1. The summed E-state index contributed by atoms with van der Waals surface area (Å²) in [5.74, 6) is -6.97. The predicted molar refractivity (Wildman–Crippen MR) is 206 cm³/mol. The summed E-state index contributed by atoms with van der Waals surface area (Å²) in [6.45, 7) is -1.01. The minimum atomic E-state index is -3.20. The van der Waals surface area contributed by atoms with Crippen molar-refractivity contribution in [3.8, 4) is 0 Å². The molecule has 0 aliphatic carbocycles. The fourth-order valence-electron chi connectivity index (χ4n) is 8.47. The van der Waals surface area contributed by atoms with E-state index in [0.29, 0.717) is 0 Å². The van der Waals surface area contributed by atoms with Crippen molar-refractivity contribution in [2.75, 3.05) is 26.4 Å². The maximum Gasteiger partial charge on any atom is 0.364 e. The lowest BCUT2D eigenvalue weighted by Gasteiger charge is -2.52. The van der Waals surface area contributed by atoms with E-state index in [2.05, 4.69) is 10.6 Å². The Hall–Kier alpha value is -2.55. The minimum absolute atomic E-state index is 0.817. The van der Waals surface area contributed by atoms with Crippen LogP contribution in [-0.2, 0) is 57.0 Å². The van der Waals surface area contributed by atoms with Crippen molar-refractivity contribution in [3.05, 3.63) is 0 Å². The summed E-state index contributed by atoms with van der Waals surface area (Å²) < 4.78 is 51.7. The van der Waals surface area contributed by atoms with Gasteiger partial charge < -0.3 is 135 Å². The fourth-order valence-corrected chi connectivity index (χ4v) is 8.47. The number of aliphatic hydroxyl groups excluding tert-OH is 15. The second-order valence-electron chi connectivity index (χ2n) is 16.8.